The highest BCUT2D eigenvalue weighted by molar-refractivity contribution is 5.83. The zero-order chi connectivity index (χ0) is 11.7. The molecule has 4 heteroatoms. The first-order valence-electron chi connectivity index (χ1n) is 5.41. The van der Waals surface area contributed by atoms with Crippen LogP contribution in [0, 0.1) is 0 Å². The van der Waals surface area contributed by atoms with Crippen LogP contribution in [-0.4, -0.2) is 16.0 Å². The quantitative estimate of drug-likeness (QED) is 0.745. The summed E-state index contributed by atoms with van der Waals surface area (Å²) in [4.78, 5) is 6.09. The molecule has 0 unspecified atom stereocenters. The molecule has 2 aromatic rings. The van der Waals surface area contributed by atoms with E-state index in [9.17, 15) is 0 Å². The molecule has 0 saturated heterocycles. The van der Waals surface area contributed by atoms with E-state index < -0.39 is 0 Å². The Bertz CT molecular complexity index is 618. The number of fused-ring (bicyclic) bond motifs is 1. The van der Waals surface area contributed by atoms with Crippen molar-refractivity contribution < 1.29 is 0 Å². The fourth-order valence-electron chi connectivity index (χ4n) is 1.86. The van der Waals surface area contributed by atoms with Gasteiger partial charge in [0.1, 0.15) is 0 Å². The highest BCUT2D eigenvalue weighted by atomic mass is 15.2. The van der Waals surface area contributed by atoms with Crippen molar-refractivity contribution in [2.75, 3.05) is 4.90 Å². The lowest BCUT2D eigenvalue weighted by Gasteiger charge is -2.14. The zero-order valence-corrected chi connectivity index (χ0v) is 9.49. The van der Waals surface area contributed by atoms with Gasteiger partial charge in [-0.2, -0.15) is 5.10 Å². The van der Waals surface area contributed by atoms with Gasteiger partial charge in [0.2, 0.25) is 0 Å². The van der Waals surface area contributed by atoms with Crippen LogP contribution >= 0.6 is 0 Å². The topological polar surface area (TPSA) is 33.4 Å². The summed E-state index contributed by atoms with van der Waals surface area (Å²) >= 11 is 0. The van der Waals surface area contributed by atoms with Crippen LogP contribution < -0.4 is 4.90 Å². The van der Waals surface area contributed by atoms with Crippen molar-refractivity contribution in [2.45, 2.75) is 0 Å². The van der Waals surface area contributed by atoms with Gasteiger partial charge in [0.05, 0.1) is 11.7 Å². The first-order valence-corrected chi connectivity index (χ1v) is 5.41. The van der Waals surface area contributed by atoms with Crippen molar-refractivity contribution in [3.63, 3.8) is 0 Å². The van der Waals surface area contributed by atoms with Crippen LogP contribution in [0.15, 0.2) is 54.1 Å². The number of anilines is 1. The molecular weight excluding hydrogens is 212 g/mol. The van der Waals surface area contributed by atoms with Crippen molar-refractivity contribution in [3.8, 4) is 0 Å². The third kappa shape index (κ3) is 1.73. The molecule has 1 aromatic heterocycles. The summed E-state index contributed by atoms with van der Waals surface area (Å²) in [6.45, 7) is 0. The number of nitrogens with zero attached hydrogens (tertiary/aromatic N) is 4. The van der Waals surface area contributed by atoms with E-state index in [0.717, 1.165) is 16.6 Å². The van der Waals surface area contributed by atoms with Crippen LogP contribution in [0.4, 0.5) is 5.69 Å². The number of hydrogen-bond donors (Lipinski definition) is 0. The third-order valence-corrected chi connectivity index (χ3v) is 2.76. The Morgan fingerprint density at radius 1 is 1.18 bits per heavy atom. The van der Waals surface area contributed by atoms with Gasteiger partial charge < -0.3 is 4.90 Å². The average Bonchev–Trinajstić information content (AvgIpc) is 2.58. The van der Waals surface area contributed by atoms with E-state index in [1.807, 2.05) is 41.3 Å². The second-order valence-corrected chi connectivity index (χ2v) is 3.86. The van der Waals surface area contributed by atoms with E-state index >= 15 is 0 Å². The van der Waals surface area contributed by atoms with Crippen LogP contribution in [0.3, 0.4) is 0 Å². The molecule has 0 radical (unpaired) electrons. The van der Waals surface area contributed by atoms with Gasteiger partial charge in [-0.25, -0.2) is 0 Å². The summed E-state index contributed by atoms with van der Waals surface area (Å²) in [5.74, 6) is 0. The van der Waals surface area contributed by atoms with E-state index in [0.29, 0.717) is 0 Å². The van der Waals surface area contributed by atoms with Gasteiger partial charge in [0.25, 0.3) is 0 Å². The van der Waals surface area contributed by atoms with Crippen molar-refractivity contribution >= 4 is 22.8 Å². The molecule has 0 atom stereocenters. The highest BCUT2D eigenvalue weighted by Gasteiger charge is 2.04. The Hall–Kier alpha value is -2.36. The minimum absolute atomic E-state index is 1.10. The molecule has 0 bridgehead atoms. The maximum absolute atomic E-state index is 4.24. The van der Waals surface area contributed by atoms with Crippen LogP contribution in [0.2, 0.25) is 0 Å². The van der Waals surface area contributed by atoms with Gasteiger partial charge in [-0.05, 0) is 24.3 Å². The molecule has 0 N–H and O–H groups in total. The highest BCUT2D eigenvalue weighted by Crippen LogP contribution is 2.22. The maximum atomic E-state index is 4.24. The van der Waals surface area contributed by atoms with Gasteiger partial charge >= 0.3 is 0 Å². The van der Waals surface area contributed by atoms with Crippen LogP contribution in [0.25, 0.3) is 10.9 Å². The fourth-order valence-corrected chi connectivity index (χ4v) is 1.86. The Morgan fingerprint density at radius 3 is 3.06 bits per heavy atom. The molecule has 3 rings (SSSR count). The first kappa shape index (κ1) is 9.84. The van der Waals surface area contributed by atoms with Gasteiger partial charge in [0.15, 0.2) is 0 Å². The van der Waals surface area contributed by atoms with Crippen LogP contribution in [0.5, 0.6) is 0 Å². The van der Waals surface area contributed by atoms with Crippen LogP contribution in [-0.2, 0) is 7.05 Å². The normalized spacial score (nSPS) is 14.5. The molecule has 0 aliphatic carbocycles. The van der Waals surface area contributed by atoms with E-state index in [4.69, 9.17) is 0 Å². The fraction of sp³-hybridized carbons (Fsp3) is 0.0769. The first-order chi connectivity index (χ1) is 8.34. The largest absolute Gasteiger partial charge is 0.322 e. The molecule has 0 spiro atoms. The minimum atomic E-state index is 1.10. The van der Waals surface area contributed by atoms with E-state index in [2.05, 4.69) is 28.3 Å². The monoisotopic (exact) mass is 224 g/mol. The molecule has 4 nitrogen and oxygen atoms in total. The summed E-state index contributed by atoms with van der Waals surface area (Å²) in [6, 6.07) is 6.26. The smallest absolute Gasteiger partial charge is 0.0699 e. The van der Waals surface area contributed by atoms with Gasteiger partial charge in [-0.1, -0.05) is 0 Å². The van der Waals surface area contributed by atoms with Gasteiger partial charge in [-0.15, -0.1) is 0 Å². The Balaban J connectivity index is 2.08. The Kier molecular flexibility index (Phi) is 2.26. The number of aryl methyl sites for hydroxylation is 1. The zero-order valence-electron chi connectivity index (χ0n) is 9.49. The summed E-state index contributed by atoms with van der Waals surface area (Å²) in [7, 11) is 1.95. The van der Waals surface area contributed by atoms with E-state index in [1.165, 1.54) is 0 Å². The van der Waals surface area contributed by atoms with Crippen LogP contribution in [0.1, 0.15) is 0 Å². The standard InChI is InChI=1S/C13H12N4/c1-16-13-9-12(4-3-11(13)10-15-16)17-7-2-5-14-6-8-17/h2-10H,1H3. The number of rotatable bonds is 1. The summed E-state index contributed by atoms with van der Waals surface area (Å²) in [6.07, 6.45) is 11.2. The molecule has 1 aliphatic heterocycles. The number of benzene rings is 1. The molecule has 17 heavy (non-hydrogen) atoms. The summed E-state index contributed by atoms with van der Waals surface area (Å²) < 4.78 is 1.88. The predicted molar refractivity (Wildman–Crippen MR) is 70.0 cm³/mol. The van der Waals surface area contributed by atoms with Crippen molar-refractivity contribution in [2.24, 2.45) is 12.0 Å². The predicted octanol–water partition coefficient (Wildman–Crippen LogP) is 2.45. The molecule has 0 amide bonds. The van der Waals surface area contributed by atoms with E-state index in [-0.39, 0.29) is 0 Å². The van der Waals surface area contributed by atoms with E-state index in [1.54, 1.807) is 12.4 Å². The lowest BCUT2D eigenvalue weighted by molar-refractivity contribution is 0.797. The summed E-state index contributed by atoms with van der Waals surface area (Å²) in [5.41, 5.74) is 2.22. The van der Waals surface area contributed by atoms with Crippen molar-refractivity contribution in [1.29, 1.82) is 0 Å². The second-order valence-electron chi connectivity index (χ2n) is 3.86. The SMILES string of the molecule is Cn1ncc2ccc(N3C=CC=NC=C3)cc21. The minimum Gasteiger partial charge on any atom is -0.322 e. The summed E-state index contributed by atoms with van der Waals surface area (Å²) in [5, 5.41) is 5.39. The van der Waals surface area contributed by atoms with Gasteiger partial charge in [-0.3, -0.25) is 9.67 Å². The average molecular weight is 224 g/mol. The molecular formula is C13H12N4. The lowest BCUT2D eigenvalue weighted by atomic mass is 10.2. The van der Waals surface area contributed by atoms with Crippen molar-refractivity contribution in [3.05, 3.63) is 49.1 Å². The Morgan fingerprint density at radius 2 is 2.12 bits per heavy atom. The number of allylic oxidation sites excluding steroid dienone is 1. The number of aliphatic imine (C=N–C) groups is 1. The molecule has 2 heterocycles. The maximum Gasteiger partial charge on any atom is 0.0699 e. The molecule has 0 saturated carbocycles. The lowest BCUT2D eigenvalue weighted by Crippen LogP contribution is -2.06. The molecule has 1 aromatic carbocycles. The third-order valence-electron chi connectivity index (χ3n) is 2.76. The second kappa shape index (κ2) is 3.90. The Labute approximate surface area is 99.2 Å². The van der Waals surface area contributed by atoms with Gasteiger partial charge in [0, 0.05) is 42.9 Å². The number of aromatic nitrogens is 2. The van der Waals surface area contributed by atoms with Crippen molar-refractivity contribution in [1.82, 2.24) is 9.78 Å². The number of hydrogen-bond acceptors (Lipinski definition) is 3. The molecule has 0 fully saturated rings. The molecule has 84 valence electrons. The molecule has 1 aliphatic rings.